The second kappa shape index (κ2) is 5.36. The maximum atomic E-state index is 12.2. The van der Waals surface area contributed by atoms with Crippen LogP contribution in [0.1, 0.15) is 16.1 Å². The summed E-state index contributed by atoms with van der Waals surface area (Å²) in [5.74, 6) is -0.184. The number of nitrogens with two attached hydrogens (primary N) is 1. The highest BCUT2D eigenvalue weighted by Crippen LogP contribution is 2.21. The van der Waals surface area contributed by atoms with Crippen molar-refractivity contribution in [2.24, 2.45) is 5.73 Å². The van der Waals surface area contributed by atoms with E-state index in [1.165, 1.54) is 0 Å². The molecule has 6 heteroatoms. The van der Waals surface area contributed by atoms with Crippen LogP contribution in [0.2, 0.25) is 0 Å². The summed E-state index contributed by atoms with van der Waals surface area (Å²) in [5.41, 5.74) is 10.1. The fourth-order valence-corrected chi connectivity index (χ4v) is 2.53. The van der Waals surface area contributed by atoms with E-state index in [9.17, 15) is 4.79 Å². The molecule has 2 aromatic heterocycles. The average molecular weight is 284 g/mol. The molecule has 0 spiro atoms. The zero-order chi connectivity index (χ0) is 13.9. The average Bonchev–Trinajstić information content (AvgIpc) is 2.95. The van der Waals surface area contributed by atoms with Gasteiger partial charge < -0.3 is 11.1 Å². The molecule has 1 amide bonds. The van der Waals surface area contributed by atoms with Gasteiger partial charge in [-0.05, 0) is 30.3 Å². The number of nitrogens with zero attached hydrogens (tertiary/aromatic N) is 2. The number of hydrogen-bond donors (Lipinski definition) is 2. The summed E-state index contributed by atoms with van der Waals surface area (Å²) in [6.07, 6.45) is 1.58. The van der Waals surface area contributed by atoms with Crippen molar-refractivity contribution in [3.8, 4) is 0 Å². The molecule has 3 N–H and O–H groups in total. The smallest absolute Gasteiger partial charge is 0.255 e. The van der Waals surface area contributed by atoms with Crippen molar-refractivity contribution in [3.05, 3.63) is 53.3 Å². The van der Waals surface area contributed by atoms with Gasteiger partial charge >= 0.3 is 0 Å². The molecule has 0 saturated carbocycles. The van der Waals surface area contributed by atoms with Crippen molar-refractivity contribution < 1.29 is 4.79 Å². The molecule has 0 aliphatic carbocycles. The lowest BCUT2D eigenvalue weighted by atomic mass is 10.2. The van der Waals surface area contributed by atoms with Gasteiger partial charge in [-0.2, -0.15) is 0 Å². The van der Waals surface area contributed by atoms with Gasteiger partial charge in [0, 0.05) is 24.0 Å². The van der Waals surface area contributed by atoms with Crippen LogP contribution in [0.4, 0.5) is 5.69 Å². The summed E-state index contributed by atoms with van der Waals surface area (Å²) >= 11 is 1.57. The van der Waals surface area contributed by atoms with Gasteiger partial charge in [0.2, 0.25) is 0 Å². The Hall–Kier alpha value is -2.31. The monoisotopic (exact) mass is 284 g/mol. The highest BCUT2D eigenvalue weighted by Gasteiger charge is 2.08. The Morgan fingerprint density at radius 1 is 1.25 bits per heavy atom. The Bertz CT molecular complexity index is 768. The quantitative estimate of drug-likeness (QED) is 0.774. The zero-order valence-electron chi connectivity index (χ0n) is 10.5. The third kappa shape index (κ3) is 2.52. The van der Waals surface area contributed by atoms with Crippen LogP contribution in [0.15, 0.2) is 42.0 Å². The van der Waals surface area contributed by atoms with Crippen molar-refractivity contribution in [3.63, 3.8) is 0 Å². The van der Waals surface area contributed by atoms with E-state index in [1.807, 2.05) is 18.2 Å². The van der Waals surface area contributed by atoms with Gasteiger partial charge in [-0.25, -0.2) is 4.98 Å². The summed E-state index contributed by atoms with van der Waals surface area (Å²) in [5, 5.41) is 2.85. The van der Waals surface area contributed by atoms with Crippen LogP contribution in [0.3, 0.4) is 0 Å². The topological polar surface area (TPSA) is 80.9 Å². The van der Waals surface area contributed by atoms with E-state index < -0.39 is 0 Å². The second-order valence-electron chi connectivity index (χ2n) is 4.23. The first kappa shape index (κ1) is 12.7. The number of nitrogens with one attached hydrogen (secondary N) is 1. The number of benzene rings is 1. The normalized spacial score (nSPS) is 10.7. The summed E-state index contributed by atoms with van der Waals surface area (Å²) < 4.78 is 1.09. The predicted molar refractivity (Wildman–Crippen MR) is 79.7 cm³/mol. The predicted octanol–water partition coefficient (Wildman–Crippen LogP) is 2.40. The lowest BCUT2D eigenvalue weighted by Gasteiger charge is -2.06. The van der Waals surface area contributed by atoms with Gasteiger partial charge in [0.15, 0.2) is 0 Å². The second-order valence-corrected chi connectivity index (χ2v) is 5.12. The molecule has 5 nitrogen and oxygen atoms in total. The number of thiazole rings is 1. The van der Waals surface area contributed by atoms with Crippen molar-refractivity contribution in [2.75, 3.05) is 5.32 Å². The van der Waals surface area contributed by atoms with Crippen LogP contribution in [0.5, 0.6) is 0 Å². The fraction of sp³-hybridized carbons (Fsp3) is 0.0714. The van der Waals surface area contributed by atoms with E-state index in [4.69, 9.17) is 5.73 Å². The summed E-state index contributed by atoms with van der Waals surface area (Å²) in [4.78, 5) is 20.5. The van der Waals surface area contributed by atoms with Gasteiger partial charge in [0.05, 0.1) is 21.4 Å². The Labute approximate surface area is 119 Å². The molecule has 0 bridgehead atoms. The fourth-order valence-electron chi connectivity index (χ4n) is 1.87. The van der Waals surface area contributed by atoms with Gasteiger partial charge in [-0.15, -0.1) is 11.3 Å². The molecule has 0 aliphatic rings. The number of amides is 1. The first-order valence-electron chi connectivity index (χ1n) is 6.06. The SMILES string of the molecule is NCc1cc(C(=O)Nc2ccc3scnc3c2)ccn1. The van der Waals surface area contributed by atoms with Crippen molar-refractivity contribution in [1.29, 1.82) is 0 Å². The van der Waals surface area contributed by atoms with Crippen molar-refractivity contribution in [2.45, 2.75) is 6.54 Å². The summed E-state index contributed by atoms with van der Waals surface area (Å²) in [6, 6.07) is 9.02. The Kier molecular flexibility index (Phi) is 3.41. The third-order valence-electron chi connectivity index (χ3n) is 2.88. The standard InChI is InChI=1S/C14H12N4OS/c15-7-11-5-9(3-4-16-11)14(19)18-10-1-2-13-12(6-10)17-8-20-13/h1-6,8H,7,15H2,(H,18,19). The molecule has 0 atom stereocenters. The number of carbonyl (C=O) groups excluding carboxylic acids is 1. The molecule has 2 heterocycles. The van der Waals surface area contributed by atoms with E-state index in [1.54, 1.807) is 35.2 Å². The summed E-state index contributed by atoms with van der Waals surface area (Å²) in [7, 11) is 0. The molecule has 3 aromatic rings. The molecule has 0 unspecified atom stereocenters. The van der Waals surface area contributed by atoms with Crippen molar-refractivity contribution in [1.82, 2.24) is 9.97 Å². The number of carbonyl (C=O) groups is 1. The molecule has 0 fully saturated rings. The number of anilines is 1. The van der Waals surface area contributed by atoms with E-state index in [0.717, 1.165) is 15.9 Å². The molecule has 3 rings (SSSR count). The minimum atomic E-state index is -0.184. The molecule has 0 aliphatic heterocycles. The van der Waals surface area contributed by atoms with Crippen LogP contribution in [0.25, 0.3) is 10.2 Å². The number of fused-ring (bicyclic) bond motifs is 1. The molecule has 0 radical (unpaired) electrons. The van der Waals surface area contributed by atoms with E-state index in [0.29, 0.717) is 17.8 Å². The molecule has 100 valence electrons. The van der Waals surface area contributed by atoms with Crippen molar-refractivity contribution >= 4 is 33.1 Å². The van der Waals surface area contributed by atoms with Crippen LogP contribution in [0, 0.1) is 0 Å². The van der Waals surface area contributed by atoms with Gasteiger partial charge in [0.25, 0.3) is 5.91 Å². The van der Waals surface area contributed by atoms with E-state index in [2.05, 4.69) is 15.3 Å². The van der Waals surface area contributed by atoms with Crippen LogP contribution >= 0.6 is 11.3 Å². The molecular weight excluding hydrogens is 272 g/mol. The molecule has 20 heavy (non-hydrogen) atoms. The van der Waals surface area contributed by atoms with Gasteiger partial charge in [0.1, 0.15) is 0 Å². The zero-order valence-corrected chi connectivity index (χ0v) is 11.4. The third-order valence-corrected chi connectivity index (χ3v) is 3.69. The van der Waals surface area contributed by atoms with Crippen LogP contribution in [-0.2, 0) is 6.54 Å². The Morgan fingerprint density at radius 3 is 3.00 bits per heavy atom. The lowest BCUT2D eigenvalue weighted by molar-refractivity contribution is 0.102. The first-order chi connectivity index (χ1) is 9.76. The number of hydrogen-bond acceptors (Lipinski definition) is 5. The van der Waals surface area contributed by atoms with Crippen LogP contribution < -0.4 is 11.1 Å². The van der Waals surface area contributed by atoms with Gasteiger partial charge in [-0.1, -0.05) is 0 Å². The first-order valence-corrected chi connectivity index (χ1v) is 6.94. The minimum absolute atomic E-state index is 0.184. The molecule has 1 aromatic carbocycles. The van der Waals surface area contributed by atoms with Gasteiger partial charge in [-0.3, -0.25) is 9.78 Å². The summed E-state index contributed by atoms with van der Waals surface area (Å²) in [6.45, 7) is 0.311. The Morgan fingerprint density at radius 2 is 2.15 bits per heavy atom. The molecular formula is C14H12N4OS. The Balaban J connectivity index is 1.83. The molecule has 0 saturated heterocycles. The number of rotatable bonds is 3. The lowest BCUT2D eigenvalue weighted by Crippen LogP contribution is -2.13. The number of aromatic nitrogens is 2. The maximum absolute atomic E-state index is 12.2. The number of pyridine rings is 1. The highest BCUT2D eigenvalue weighted by atomic mass is 32.1. The highest BCUT2D eigenvalue weighted by molar-refractivity contribution is 7.16. The van der Waals surface area contributed by atoms with E-state index >= 15 is 0 Å². The van der Waals surface area contributed by atoms with Crippen LogP contribution in [-0.4, -0.2) is 15.9 Å². The largest absolute Gasteiger partial charge is 0.325 e. The van der Waals surface area contributed by atoms with E-state index in [-0.39, 0.29) is 5.91 Å². The minimum Gasteiger partial charge on any atom is -0.325 e. The maximum Gasteiger partial charge on any atom is 0.255 e.